The van der Waals surface area contributed by atoms with Gasteiger partial charge < -0.3 is 14.0 Å². The Balaban J connectivity index is 1.85. The maximum absolute atomic E-state index is 13.6. The summed E-state index contributed by atoms with van der Waals surface area (Å²) >= 11 is 0. The number of fused-ring (bicyclic) bond motifs is 1. The van der Waals surface area contributed by atoms with Gasteiger partial charge in [0, 0.05) is 26.8 Å². The second kappa shape index (κ2) is 8.37. The topological polar surface area (TPSA) is 67.4 Å². The predicted octanol–water partition coefficient (Wildman–Crippen LogP) is 3.10. The predicted molar refractivity (Wildman–Crippen MR) is 121 cm³/mol. The number of nitrogens with zero attached hydrogens (tertiary/aromatic N) is 3. The van der Waals surface area contributed by atoms with Gasteiger partial charge in [-0.25, -0.2) is 9.18 Å². The highest BCUT2D eigenvalue weighted by Crippen LogP contribution is 2.30. The minimum atomic E-state index is -0.398. The summed E-state index contributed by atoms with van der Waals surface area (Å²) < 4.78 is 28.7. The van der Waals surface area contributed by atoms with E-state index in [1.807, 2.05) is 22.8 Å². The van der Waals surface area contributed by atoms with E-state index in [1.165, 1.54) is 23.7 Å². The van der Waals surface area contributed by atoms with Crippen LogP contribution in [0.15, 0.2) is 58.3 Å². The Labute approximate surface area is 183 Å². The third-order valence-electron chi connectivity index (χ3n) is 5.72. The summed E-state index contributed by atoms with van der Waals surface area (Å²) in [6.45, 7) is 0.536. The van der Waals surface area contributed by atoms with Crippen molar-refractivity contribution in [2.75, 3.05) is 14.2 Å². The average Bonchev–Trinajstić information content (AvgIpc) is 3.20. The molecule has 166 valence electrons. The zero-order valence-corrected chi connectivity index (χ0v) is 18.4. The molecule has 0 radical (unpaired) electrons. The fourth-order valence-corrected chi connectivity index (χ4v) is 3.97. The van der Waals surface area contributed by atoms with E-state index in [9.17, 15) is 14.0 Å². The summed E-state index contributed by atoms with van der Waals surface area (Å²) in [5.74, 6) is 0.924. The van der Waals surface area contributed by atoms with Crippen LogP contribution >= 0.6 is 0 Å². The Hall–Kier alpha value is -3.81. The van der Waals surface area contributed by atoms with Crippen molar-refractivity contribution in [3.8, 4) is 22.8 Å². The Morgan fingerprint density at radius 2 is 1.59 bits per heavy atom. The van der Waals surface area contributed by atoms with E-state index in [0.29, 0.717) is 46.6 Å². The van der Waals surface area contributed by atoms with Crippen molar-refractivity contribution in [3.05, 3.63) is 80.9 Å². The highest BCUT2D eigenvalue weighted by atomic mass is 19.1. The number of halogens is 1. The number of hydrogen-bond acceptors (Lipinski definition) is 4. The molecule has 4 aromatic rings. The molecule has 0 fully saturated rings. The van der Waals surface area contributed by atoms with Crippen LogP contribution in [0, 0.1) is 5.82 Å². The molecule has 0 amide bonds. The first-order valence-electron chi connectivity index (χ1n) is 10.1. The molecule has 0 atom stereocenters. The number of aryl methyl sites for hydroxylation is 3. The van der Waals surface area contributed by atoms with Gasteiger partial charge in [-0.15, -0.1) is 0 Å². The van der Waals surface area contributed by atoms with Gasteiger partial charge in [-0.05, 0) is 53.9 Å². The lowest BCUT2D eigenvalue weighted by atomic mass is 10.1. The van der Waals surface area contributed by atoms with Crippen LogP contribution < -0.4 is 20.7 Å². The van der Waals surface area contributed by atoms with Gasteiger partial charge in [0.1, 0.15) is 5.82 Å². The van der Waals surface area contributed by atoms with Crippen LogP contribution in [0.2, 0.25) is 0 Å². The van der Waals surface area contributed by atoms with E-state index in [-0.39, 0.29) is 11.4 Å². The maximum atomic E-state index is 13.6. The molecule has 2 aromatic carbocycles. The first-order valence-corrected chi connectivity index (χ1v) is 10.1. The van der Waals surface area contributed by atoms with Crippen LogP contribution in [-0.4, -0.2) is 27.9 Å². The molecule has 0 aliphatic rings. The van der Waals surface area contributed by atoms with Crippen molar-refractivity contribution >= 4 is 10.9 Å². The van der Waals surface area contributed by atoms with Crippen LogP contribution in [0.1, 0.15) is 5.56 Å². The lowest BCUT2D eigenvalue weighted by Gasteiger charge is -2.12. The van der Waals surface area contributed by atoms with Gasteiger partial charge in [0.25, 0.3) is 5.56 Å². The Kier molecular flexibility index (Phi) is 5.61. The number of hydrogen-bond donors (Lipinski definition) is 0. The van der Waals surface area contributed by atoms with E-state index < -0.39 is 5.69 Å². The molecule has 7 nitrogen and oxygen atoms in total. The van der Waals surface area contributed by atoms with E-state index in [0.717, 1.165) is 10.1 Å². The van der Waals surface area contributed by atoms with Crippen molar-refractivity contribution in [2.45, 2.75) is 13.0 Å². The molecule has 0 N–H and O–H groups in total. The molecule has 0 spiro atoms. The Morgan fingerprint density at radius 3 is 2.25 bits per heavy atom. The van der Waals surface area contributed by atoms with E-state index in [4.69, 9.17) is 9.47 Å². The molecule has 4 rings (SSSR count). The van der Waals surface area contributed by atoms with E-state index >= 15 is 0 Å². The summed E-state index contributed by atoms with van der Waals surface area (Å²) in [5.41, 5.74) is 2.12. The van der Waals surface area contributed by atoms with Crippen molar-refractivity contribution in [3.63, 3.8) is 0 Å². The first-order chi connectivity index (χ1) is 15.3. The molecule has 32 heavy (non-hydrogen) atoms. The van der Waals surface area contributed by atoms with Gasteiger partial charge in [0.05, 0.1) is 30.8 Å². The largest absolute Gasteiger partial charge is 0.493 e. The molecule has 0 unspecified atom stereocenters. The molecular weight excluding hydrogens is 413 g/mol. The smallest absolute Gasteiger partial charge is 0.330 e. The summed E-state index contributed by atoms with van der Waals surface area (Å²) in [5, 5.41) is 0.425. The SMILES string of the molecule is COc1ccc(CCn2cc3c(c2-c2ccc(F)cc2)c(=O)n(C)c(=O)n3C)cc1OC. The minimum absolute atomic E-state index is 0.359. The summed E-state index contributed by atoms with van der Waals surface area (Å²) in [6.07, 6.45) is 2.45. The zero-order chi connectivity index (χ0) is 23.0. The monoisotopic (exact) mass is 437 g/mol. The van der Waals surface area contributed by atoms with E-state index in [2.05, 4.69) is 0 Å². The first kappa shape index (κ1) is 21.4. The molecule has 0 bridgehead atoms. The summed E-state index contributed by atoms with van der Waals surface area (Å²) in [4.78, 5) is 25.5. The van der Waals surface area contributed by atoms with Crippen LogP contribution in [0.5, 0.6) is 11.5 Å². The third kappa shape index (κ3) is 3.57. The van der Waals surface area contributed by atoms with Crippen molar-refractivity contribution in [1.29, 1.82) is 0 Å². The quantitative estimate of drug-likeness (QED) is 0.465. The Bertz CT molecular complexity index is 1410. The molecule has 0 aliphatic carbocycles. The van der Waals surface area contributed by atoms with Crippen LogP contribution in [0.3, 0.4) is 0 Å². The molecule has 0 saturated carbocycles. The second-order valence-electron chi connectivity index (χ2n) is 7.58. The summed E-state index contributed by atoms with van der Waals surface area (Å²) in [6, 6.07) is 11.7. The number of rotatable bonds is 6. The normalized spacial score (nSPS) is 11.2. The lowest BCUT2D eigenvalue weighted by Crippen LogP contribution is -2.36. The fourth-order valence-electron chi connectivity index (χ4n) is 3.97. The number of aromatic nitrogens is 3. The number of methoxy groups -OCH3 is 2. The molecule has 2 aromatic heterocycles. The lowest BCUT2D eigenvalue weighted by molar-refractivity contribution is 0.354. The molecule has 2 heterocycles. The fraction of sp³-hybridized carbons (Fsp3) is 0.250. The zero-order valence-electron chi connectivity index (χ0n) is 18.4. The van der Waals surface area contributed by atoms with Gasteiger partial charge in [0.2, 0.25) is 0 Å². The van der Waals surface area contributed by atoms with Crippen LogP contribution in [-0.2, 0) is 27.1 Å². The molecule has 8 heteroatoms. The summed E-state index contributed by atoms with van der Waals surface area (Å²) in [7, 11) is 6.27. The van der Waals surface area contributed by atoms with Gasteiger partial charge in [-0.1, -0.05) is 6.07 Å². The average molecular weight is 437 g/mol. The Morgan fingerprint density at radius 1 is 0.906 bits per heavy atom. The van der Waals surface area contributed by atoms with Gasteiger partial charge >= 0.3 is 5.69 Å². The van der Waals surface area contributed by atoms with Crippen LogP contribution in [0.25, 0.3) is 22.2 Å². The van der Waals surface area contributed by atoms with Gasteiger partial charge in [-0.2, -0.15) is 0 Å². The van der Waals surface area contributed by atoms with Crippen molar-refractivity contribution < 1.29 is 13.9 Å². The van der Waals surface area contributed by atoms with Crippen LogP contribution in [0.4, 0.5) is 4.39 Å². The number of benzene rings is 2. The van der Waals surface area contributed by atoms with Gasteiger partial charge in [0.15, 0.2) is 11.5 Å². The number of ether oxygens (including phenoxy) is 2. The molecule has 0 aliphatic heterocycles. The molecule has 0 saturated heterocycles. The van der Waals surface area contributed by atoms with Crippen molar-refractivity contribution in [1.82, 2.24) is 13.7 Å². The minimum Gasteiger partial charge on any atom is -0.493 e. The van der Waals surface area contributed by atoms with E-state index in [1.54, 1.807) is 39.6 Å². The highest BCUT2D eigenvalue weighted by Gasteiger charge is 2.19. The highest BCUT2D eigenvalue weighted by molar-refractivity contribution is 5.93. The van der Waals surface area contributed by atoms with Gasteiger partial charge in [-0.3, -0.25) is 13.9 Å². The van der Waals surface area contributed by atoms with Crippen molar-refractivity contribution in [2.24, 2.45) is 14.1 Å². The third-order valence-corrected chi connectivity index (χ3v) is 5.72. The molecular formula is C24H24FN3O4. The maximum Gasteiger partial charge on any atom is 0.330 e. The second-order valence-corrected chi connectivity index (χ2v) is 7.58. The standard InChI is InChI=1S/C24H24FN3O4/c1-26-18-14-28(12-11-15-5-10-19(31-3)20(13-15)32-4)22(16-6-8-17(25)9-7-16)21(18)23(29)27(2)24(26)30/h5-10,13-14H,11-12H2,1-4H3.